The summed E-state index contributed by atoms with van der Waals surface area (Å²) in [5.41, 5.74) is 0.877. The molecule has 0 radical (unpaired) electrons. The van der Waals surface area contributed by atoms with E-state index in [1.54, 1.807) is 18.5 Å². The number of anilines is 1. The standard InChI is InChI=1S/C19H18FN5O2/c1-12-4-3-9-27-16-10-13(20)7-8-14(16)19(26)23-17-6-2-5-15(22-17)18-24-21-11-25(12)18/h2,5-8,10-12H,3-4,9H2,1H3,(H,22,23,26). The van der Waals surface area contributed by atoms with Crippen molar-refractivity contribution in [2.24, 2.45) is 0 Å². The number of fused-ring (bicyclic) bond motifs is 5. The normalized spacial score (nSPS) is 17.1. The van der Waals surface area contributed by atoms with Crippen molar-refractivity contribution in [2.75, 3.05) is 11.9 Å². The number of rotatable bonds is 0. The molecule has 0 saturated carbocycles. The third-order valence-electron chi connectivity index (χ3n) is 4.48. The SMILES string of the molecule is CC1CCCOc2cc(F)ccc2C(=O)Nc2cccc(n2)-c2nncn21. The smallest absolute Gasteiger partial charge is 0.260 e. The van der Waals surface area contributed by atoms with Crippen LogP contribution in [0.15, 0.2) is 42.7 Å². The van der Waals surface area contributed by atoms with Crippen molar-refractivity contribution in [2.45, 2.75) is 25.8 Å². The molecule has 3 heterocycles. The van der Waals surface area contributed by atoms with Gasteiger partial charge >= 0.3 is 0 Å². The fourth-order valence-corrected chi connectivity index (χ4v) is 3.06. The van der Waals surface area contributed by atoms with Crippen molar-refractivity contribution in [3.05, 3.63) is 54.1 Å². The highest BCUT2D eigenvalue weighted by Crippen LogP contribution is 2.25. The number of ether oxygens (including phenoxy) is 1. The highest BCUT2D eigenvalue weighted by molar-refractivity contribution is 6.05. The molecule has 1 amide bonds. The highest BCUT2D eigenvalue weighted by atomic mass is 19.1. The van der Waals surface area contributed by atoms with Gasteiger partial charge in [0.15, 0.2) is 5.82 Å². The van der Waals surface area contributed by atoms with Crippen LogP contribution in [-0.2, 0) is 0 Å². The van der Waals surface area contributed by atoms with Gasteiger partial charge in [-0.2, -0.15) is 0 Å². The van der Waals surface area contributed by atoms with Crippen molar-refractivity contribution < 1.29 is 13.9 Å². The third-order valence-corrected chi connectivity index (χ3v) is 4.48. The van der Waals surface area contributed by atoms with E-state index < -0.39 is 11.7 Å². The van der Waals surface area contributed by atoms with Crippen molar-refractivity contribution in [1.29, 1.82) is 0 Å². The first-order chi connectivity index (χ1) is 13.1. The summed E-state index contributed by atoms with van der Waals surface area (Å²) >= 11 is 0. The largest absolute Gasteiger partial charge is 0.493 e. The van der Waals surface area contributed by atoms with Crippen LogP contribution in [0.3, 0.4) is 0 Å². The van der Waals surface area contributed by atoms with Gasteiger partial charge in [-0.05, 0) is 44.0 Å². The number of benzene rings is 1. The van der Waals surface area contributed by atoms with Gasteiger partial charge in [-0.15, -0.1) is 10.2 Å². The van der Waals surface area contributed by atoms with E-state index in [9.17, 15) is 9.18 Å². The molecule has 0 saturated heterocycles. The lowest BCUT2D eigenvalue weighted by molar-refractivity contribution is 0.102. The molecular formula is C19H18FN5O2. The molecular weight excluding hydrogens is 349 g/mol. The summed E-state index contributed by atoms with van der Waals surface area (Å²) in [5, 5.41) is 10.9. The van der Waals surface area contributed by atoms with E-state index in [0.29, 0.717) is 23.9 Å². The number of hydrogen-bond donors (Lipinski definition) is 1. The van der Waals surface area contributed by atoms with Gasteiger partial charge in [-0.25, -0.2) is 9.37 Å². The fraction of sp³-hybridized carbons (Fsp3) is 0.263. The number of aromatic nitrogens is 4. The van der Waals surface area contributed by atoms with Gasteiger partial charge < -0.3 is 14.6 Å². The van der Waals surface area contributed by atoms with Gasteiger partial charge in [0.2, 0.25) is 0 Å². The number of amides is 1. The lowest BCUT2D eigenvalue weighted by atomic mass is 10.1. The Morgan fingerprint density at radius 2 is 2.19 bits per heavy atom. The van der Waals surface area contributed by atoms with Crippen LogP contribution < -0.4 is 10.1 Å². The first-order valence-corrected chi connectivity index (χ1v) is 8.72. The average Bonchev–Trinajstić information content (AvgIpc) is 3.14. The first-order valence-electron chi connectivity index (χ1n) is 8.72. The van der Waals surface area contributed by atoms with Crippen molar-refractivity contribution in [3.63, 3.8) is 0 Å². The molecule has 7 nitrogen and oxygen atoms in total. The minimum absolute atomic E-state index is 0.133. The van der Waals surface area contributed by atoms with Gasteiger partial charge in [0.05, 0.1) is 12.2 Å². The van der Waals surface area contributed by atoms with E-state index in [4.69, 9.17) is 4.74 Å². The highest BCUT2D eigenvalue weighted by Gasteiger charge is 2.18. The number of halogens is 1. The minimum atomic E-state index is -0.453. The average molecular weight is 367 g/mol. The van der Waals surface area contributed by atoms with E-state index in [0.717, 1.165) is 12.8 Å². The maximum Gasteiger partial charge on any atom is 0.260 e. The molecule has 1 N–H and O–H groups in total. The molecule has 0 fully saturated rings. The molecule has 0 aliphatic carbocycles. The summed E-state index contributed by atoms with van der Waals surface area (Å²) in [6.07, 6.45) is 3.20. The van der Waals surface area contributed by atoms with Gasteiger partial charge in [0.25, 0.3) is 5.91 Å². The Kier molecular flexibility index (Phi) is 4.53. The molecule has 3 aromatic rings. The van der Waals surface area contributed by atoms with E-state index in [1.807, 2.05) is 10.6 Å². The number of pyridine rings is 1. The van der Waals surface area contributed by atoms with Crippen LogP contribution in [0.1, 0.15) is 36.2 Å². The van der Waals surface area contributed by atoms with Crippen LogP contribution in [0.5, 0.6) is 5.75 Å². The Labute approximate surface area is 155 Å². The molecule has 27 heavy (non-hydrogen) atoms. The second kappa shape index (κ2) is 7.14. The zero-order valence-corrected chi connectivity index (χ0v) is 14.7. The van der Waals surface area contributed by atoms with Gasteiger partial charge in [-0.3, -0.25) is 4.79 Å². The second-order valence-corrected chi connectivity index (χ2v) is 6.40. The fourth-order valence-electron chi connectivity index (χ4n) is 3.06. The number of carbonyl (C=O) groups excluding carboxylic acids is 1. The van der Waals surface area contributed by atoms with Crippen molar-refractivity contribution in [1.82, 2.24) is 19.7 Å². The molecule has 1 unspecified atom stereocenters. The Hall–Kier alpha value is -3.29. The zero-order valence-electron chi connectivity index (χ0n) is 14.7. The van der Waals surface area contributed by atoms with E-state index in [2.05, 4.69) is 27.4 Å². The van der Waals surface area contributed by atoms with Crippen LogP contribution >= 0.6 is 0 Å². The molecule has 1 aromatic carbocycles. The number of hydrogen-bond acceptors (Lipinski definition) is 5. The summed E-state index contributed by atoms with van der Waals surface area (Å²) in [6.45, 7) is 2.44. The van der Waals surface area contributed by atoms with E-state index in [-0.39, 0.29) is 17.4 Å². The van der Waals surface area contributed by atoms with Gasteiger partial charge in [0.1, 0.15) is 29.4 Å². The number of carbonyl (C=O) groups is 1. The van der Waals surface area contributed by atoms with Crippen LogP contribution in [0, 0.1) is 5.82 Å². The summed E-state index contributed by atoms with van der Waals surface area (Å²) in [6, 6.07) is 9.30. The molecule has 138 valence electrons. The Morgan fingerprint density at radius 3 is 3.07 bits per heavy atom. The quantitative estimate of drug-likeness (QED) is 0.658. The number of nitrogens with one attached hydrogen (secondary N) is 1. The van der Waals surface area contributed by atoms with Crippen LogP contribution in [-0.4, -0.2) is 32.3 Å². The van der Waals surface area contributed by atoms with Crippen LogP contribution in [0.4, 0.5) is 10.2 Å². The lowest BCUT2D eigenvalue weighted by Crippen LogP contribution is -2.16. The van der Waals surface area contributed by atoms with E-state index in [1.165, 1.54) is 18.2 Å². The maximum atomic E-state index is 13.6. The molecule has 8 heteroatoms. The second-order valence-electron chi connectivity index (χ2n) is 6.40. The summed E-state index contributed by atoms with van der Waals surface area (Å²) in [4.78, 5) is 17.1. The van der Waals surface area contributed by atoms with Crippen LogP contribution in [0.2, 0.25) is 0 Å². The molecule has 1 aliphatic rings. The first kappa shape index (κ1) is 17.1. The maximum absolute atomic E-state index is 13.6. The van der Waals surface area contributed by atoms with Gasteiger partial charge in [-0.1, -0.05) is 6.07 Å². The Morgan fingerprint density at radius 1 is 1.30 bits per heavy atom. The predicted molar refractivity (Wildman–Crippen MR) is 97.0 cm³/mol. The summed E-state index contributed by atoms with van der Waals surface area (Å²) in [7, 11) is 0. The topological polar surface area (TPSA) is 81.9 Å². The monoisotopic (exact) mass is 367 g/mol. The molecule has 0 spiro atoms. The Bertz CT molecular complexity index is 988. The Balaban J connectivity index is 1.76. The van der Waals surface area contributed by atoms with Gasteiger partial charge in [0, 0.05) is 12.1 Å². The van der Waals surface area contributed by atoms with Crippen molar-refractivity contribution in [3.8, 4) is 17.3 Å². The molecule has 2 aromatic heterocycles. The van der Waals surface area contributed by atoms with Crippen molar-refractivity contribution >= 4 is 11.7 Å². The third kappa shape index (κ3) is 3.51. The summed E-state index contributed by atoms with van der Waals surface area (Å²) < 4.78 is 21.3. The van der Waals surface area contributed by atoms with Crippen LogP contribution in [0.25, 0.3) is 11.5 Å². The molecule has 1 atom stereocenters. The summed E-state index contributed by atoms with van der Waals surface area (Å²) in [5.74, 6) is 0.358. The zero-order chi connectivity index (χ0) is 18.8. The molecule has 1 aliphatic heterocycles. The predicted octanol–water partition coefficient (Wildman–Crippen LogP) is 3.47. The lowest BCUT2D eigenvalue weighted by Gasteiger charge is -2.17. The molecule has 4 rings (SSSR count). The number of nitrogens with zero attached hydrogens (tertiary/aromatic N) is 4. The van der Waals surface area contributed by atoms with E-state index >= 15 is 0 Å². The molecule has 2 bridgehead atoms. The minimum Gasteiger partial charge on any atom is -0.493 e.